The van der Waals surface area contributed by atoms with Gasteiger partial charge in [0, 0.05) is 37.2 Å². The molecule has 1 fully saturated rings. The summed E-state index contributed by atoms with van der Waals surface area (Å²) < 4.78 is 17.6. The number of methoxy groups -OCH3 is 1. The van der Waals surface area contributed by atoms with E-state index in [-0.39, 0.29) is 12.5 Å². The molecule has 2 heterocycles. The van der Waals surface area contributed by atoms with Crippen molar-refractivity contribution in [1.82, 2.24) is 9.80 Å². The van der Waals surface area contributed by atoms with Crippen molar-refractivity contribution < 1.29 is 18.7 Å². The van der Waals surface area contributed by atoms with Crippen LogP contribution < -0.4 is 9.47 Å². The molecule has 0 saturated carbocycles. The molecule has 3 aromatic rings. The van der Waals surface area contributed by atoms with E-state index in [0.717, 1.165) is 29.9 Å². The molecule has 6 nitrogen and oxygen atoms in total. The molecule has 2 aromatic carbocycles. The number of amides is 1. The van der Waals surface area contributed by atoms with Gasteiger partial charge in [0.2, 0.25) is 0 Å². The number of halogens is 2. The number of nitrogens with zero attached hydrogens (tertiary/aromatic N) is 2. The van der Waals surface area contributed by atoms with Gasteiger partial charge in [-0.05, 0) is 48.0 Å². The number of carbonyl (C=O) groups excluding carboxylic acids is 1. The molecule has 0 bridgehead atoms. The van der Waals surface area contributed by atoms with Gasteiger partial charge < -0.3 is 18.8 Å². The highest BCUT2D eigenvalue weighted by atomic mass is 79.9. The van der Waals surface area contributed by atoms with Crippen molar-refractivity contribution in [2.45, 2.75) is 13.2 Å². The van der Waals surface area contributed by atoms with Gasteiger partial charge in [0.05, 0.1) is 12.1 Å². The molecule has 1 aliphatic heterocycles. The van der Waals surface area contributed by atoms with E-state index < -0.39 is 0 Å². The Balaban J connectivity index is 1.28. The van der Waals surface area contributed by atoms with Crippen LogP contribution in [-0.2, 0) is 13.2 Å². The fourth-order valence-corrected chi connectivity index (χ4v) is 4.33. The summed E-state index contributed by atoms with van der Waals surface area (Å²) in [5.41, 5.74) is 1.20. The number of furan rings is 1. The van der Waals surface area contributed by atoms with Gasteiger partial charge in [0.1, 0.15) is 23.9 Å². The van der Waals surface area contributed by atoms with E-state index in [1.165, 1.54) is 5.56 Å². The van der Waals surface area contributed by atoms with E-state index in [9.17, 15) is 4.79 Å². The normalized spacial score (nSPS) is 14.4. The minimum absolute atomic E-state index is 0.0982. The molecule has 0 N–H and O–H groups in total. The highest BCUT2D eigenvalue weighted by molar-refractivity contribution is 9.10. The molecular weight excluding hydrogens is 496 g/mol. The van der Waals surface area contributed by atoms with Crippen molar-refractivity contribution in [1.29, 1.82) is 0 Å². The third kappa shape index (κ3) is 5.65. The van der Waals surface area contributed by atoms with Gasteiger partial charge in [0.15, 0.2) is 5.76 Å². The summed E-state index contributed by atoms with van der Waals surface area (Å²) in [6, 6.07) is 16.9. The molecule has 8 heteroatoms. The minimum Gasteiger partial charge on any atom is -0.497 e. The van der Waals surface area contributed by atoms with Crippen LogP contribution in [-0.4, -0.2) is 49.0 Å². The second kappa shape index (κ2) is 10.4. The molecular formula is C24H24BrClN2O4. The second-order valence-electron chi connectivity index (χ2n) is 7.55. The molecule has 0 atom stereocenters. The topological polar surface area (TPSA) is 55.2 Å². The van der Waals surface area contributed by atoms with Gasteiger partial charge in [-0.2, -0.15) is 0 Å². The third-order valence-electron chi connectivity index (χ3n) is 5.34. The number of ether oxygens (including phenoxy) is 2. The van der Waals surface area contributed by atoms with Crippen LogP contribution in [0.15, 0.2) is 63.5 Å². The summed E-state index contributed by atoms with van der Waals surface area (Å²) in [7, 11) is 1.67. The van der Waals surface area contributed by atoms with E-state index in [1.54, 1.807) is 31.4 Å². The van der Waals surface area contributed by atoms with E-state index in [0.29, 0.717) is 35.4 Å². The fourth-order valence-electron chi connectivity index (χ4n) is 3.61. The Hall–Kier alpha value is -2.48. The Morgan fingerprint density at radius 1 is 1.09 bits per heavy atom. The van der Waals surface area contributed by atoms with Gasteiger partial charge in [-0.1, -0.05) is 39.7 Å². The molecule has 1 aliphatic rings. The standard InChI is InChI=1S/C24H24BrClN2O4/c1-30-19-4-2-3-17(13-19)15-27-9-11-28(12-10-27)24(29)23-8-6-20(32-23)16-31-22-7-5-18(25)14-21(22)26/h2-8,13-14H,9-12,15-16H2,1H3. The lowest BCUT2D eigenvalue weighted by molar-refractivity contribution is 0.0594. The van der Waals surface area contributed by atoms with Crippen molar-refractivity contribution >= 4 is 33.4 Å². The average Bonchev–Trinajstić information content (AvgIpc) is 3.28. The summed E-state index contributed by atoms with van der Waals surface area (Å²) in [5, 5.41) is 0.508. The minimum atomic E-state index is -0.0982. The molecule has 0 spiro atoms. The molecule has 168 valence electrons. The van der Waals surface area contributed by atoms with E-state index >= 15 is 0 Å². The van der Waals surface area contributed by atoms with Crippen molar-refractivity contribution in [3.8, 4) is 11.5 Å². The molecule has 1 aromatic heterocycles. The number of hydrogen-bond acceptors (Lipinski definition) is 5. The number of carbonyl (C=O) groups is 1. The maximum absolute atomic E-state index is 12.9. The summed E-state index contributed by atoms with van der Waals surface area (Å²) in [4.78, 5) is 17.0. The van der Waals surface area contributed by atoms with Crippen LogP contribution in [0.1, 0.15) is 21.9 Å². The van der Waals surface area contributed by atoms with E-state index in [4.69, 9.17) is 25.5 Å². The summed E-state index contributed by atoms with van der Waals surface area (Å²) in [6.07, 6.45) is 0. The van der Waals surface area contributed by atoms with Gasteiger partial charge in [-0.3, -0.25) is 9.69 Å². The first kappa shape index (κ1) is 22.7. The SMILES string of the molecule is COc1cccc(CN2CCN(C(=O)c3ccc(COc4ccc(Br)cc4Cl)o3)CC2)c1. The van der Waals surface area contributed by atoms with Gasteiger partial charge >= 0.3 is 0 Å². The first-order chi connectivity index (χ1) is 15.5. The lowest BCUT2D eigenvalue weighted by Gasteiger charge is -2.34. The molecule has 4 rings (SSSR count). The van der Waals surface area contributed by atoms with E-state index in [2.05, 4.69) is 26.9 Å². The van der Waals surface area contributed by atoms with Crippen LogP contribution in [0.25, 0.3) is 0 Å². The number of hydrogen-bond donors (Lipinski definition) is 0. The molecule has 1 amide bonds. The molecule has 0 unspecified atom stereocenters. The van der Waals surface area contributed by atoms with Crippen LogP contribution in [0, 0.1) is 0 Å². The maximum Gasteiger partial charge on any atom is 0.289 e. The predicted molar refractivity (Wildman–Crippen MR) is 126 cm³/mol. The lowest BCUT2D eigenvalue weighted by Crippen LogP contribution is -2.48. The Morgan fingerprint density at radius 3 is 2.66 bits per heavy atom. The van der Waals surface area contributed by atoms with Crippen LogP contribution in [0.3, 0.4) is 0 Å². The highest BCUT2D eigenvalue weighted by Gasteiger charge is 2.24. The zero-order chi connectivity index (χ0) is 22.5. The Labute approximate surface area is 200 Å². The first-order valence-corrected chi connectivity index (χ1v) is 11.5. The van der Waals surface area contributed by atoms with Crippen LogP contribution in [0.5, 0.6) is 11.5 Å². The highest BCUT2D eigenvalue weighted by Crippen LogP contribution is 2.28. The molecule has 32 heavy (non-hydrogen) atoms. The number of piperazine rings is 1. The Morgan fingerprint density at radius 2 is 1.91 bits per heavy atom. The zero-order valence-electron chi connectivity index (χ0n) is 17.7. The van der Waals surface area contributed by atoms with E-state index in [1.807, 2.05) is 29.2 Å². The number of rotatable bonds is 7. The van der Waals surface area contributed by atoms with Crippen molar-refractivity contribution in [2.75, 3.05) is 33.3 Å². The van der Waals surface area contributed by atoms with Gasteiger partial charge in [0.25, 0.3) is 5.91 Å². The van der Waals surface area contributed by atoms with Crippen molar-refractivity contribution in [3.05, 3.63) is 81.2 Å². The Kier molecular flexibility index (Phi) is 7.40. The summed E-state index contributed by atoms with van der Waals surface area (Å²) in [5.74, 6) is 2.22. The largest absolute Gasteiger partial charge is 0.497 e. The smallest absolute Gasteiger partial charge is 0.289 e. The summed E-state index contributed by atoms with van der Waals surface area (Å²) in [6.45, 7) is 3.96. The fraction of sp³-hybridized carbons (Fsp3) is 0.292. The Bertz CT molecular complexity index is 1080. The third-order valence-corrected chi connectivity index (χ3v) is 6.12. The quantitative estimate of drug-likeness (QED) is 0.427. The van der Waals surface area contributed by atoms with Crippen LogP contribution in [0.2, 0.25) is 5.02 Å². The molecule has 0 aliphatic carbocycles. The zero-order valence-corrected chi connectivity index (χ0v) is 20.1. The monoisotopic (exact) mass is 518 g/mol. The molecule has 0 radical (unpaired) electrons. The van der Waals surface area contributed by atoms with Gasteiger partial charge in [-0.25, -0.2) is 0 Å². The maximum atomic E-state index is 12.9. The van der Waals surface area contributed by atoms with Crippen LogP contribution >= 0.6 is 27.5 Å². The predicted octanol–water partition coefficient (Wildman–Crippen LogP) is 5.24. The molecule has 1 saturated heterocycles. The first-order valence-electron chi connectivity index (χ1n) is 10.3. The van der Waals surface area contributed by atoms with Crippen LogP contribution in [0.4, 0.5) is 0 Å². The van der Waals surface area contributed by atoms with Crippen molar-refractivity contribution in [2.24, 2.45) is 0 Å². The lowest BCUT2D eigenvalue weighted by atomic mass is 10.2. The second-order valence-corrected chi connectivity index (χ2v) is 8.87. The number of benzene rings is 2. The van der Waals surface area contributed by atoms with Crippen molar-refractivity contribution in [3.63, 3.8) is 0 Å². The van der Waals surface area contributed by atoms with Gasteiger partial charge in [-0.15, -0.1) is 0 Å². The average molecular weight is 520 g/mol. The summed E-state index contributed by atoms with van der Waals surface area (Å²) >= 11 is 9.54.